The van der Waals surface area contributed by atoms with E-state index in [2.05, 4.69) is 26.0 Å². The number of carbonyl (C=O) groups is 2. The van der Waals surface area contributed by atoms with Gasteiger partial charge < -0.3 is 9.80 Å². The van der Waals surface area contributed by atoms with Gasteiger partial charge in [0.1, 0.15) is 0 Å². The summed E-state index contributed by atoms with van der Waals surface area (Å²) in [5.41, 5.74) is 3.14. The van der Waals surface area contributed by atoms with Gasteiger partial charge in [-0.15, -0.1) is 0 Å². The molecule has 2 aliphatic rings. The minimum absolute atomic E-state index is 0.0211. The van der Waals surface area contributed by atoms with Crippen LogP contribution >= 0.6 is 11.6 Å². The van der Waals surface area contributed by atoms with Gasteiger partial charge in [0.15, 0.2) is 0 Å². The van der Waals surface area contributed by atoms with Crippen LogP contribution in [0.4, 0.5) is 0 Å². The average Bonchev–Trinajstić information content (AvgIpc) is 2.68. The maximum atomic E-state index is 13.1. The standard InChI is InChI=1S/C23H25ClN2O2/c1-23(2,17-6-4-3-5-7-17)13-21(27)25-14-20-19-12-18(24)9-8-16(19)10-11-26(20)22(28)15-25/h3-9,12,20H,10-11,13-15H2,1-2H3. The molecule has 146 valence electrons. The second-order valence-electron chi connectivity index (χ2n) is 8.40. The van der Waals surface area contributed by atoms with Crippen LogP contribution in [0.25, 0.3) is 0 Å². The number of hydrogen-bond donors (Lipinski definition) is 0. The highest BCUT2D eigenvalue weighted by molar-refractivity contribution is 6.30. The molecule has 28 heavy (non-hydrogen) atoms. The van der Waals surface area contributed by atoms with E-state index in [1.54, 1.807) is 4.90 Å². The van der Waals surface area contributed by atoms with E-state index in [1.165, 1.54) is 5.56 Å². The van der Waals surface area contributed by atoms with Crippen LogP contribution in [0.1, 0.15) is 43.0 Å². The number of carbonyl (C=O) groups excluding carboxylic acids is 2. The van der Waals surface area contributed by atoms with Gasteiger partial charge in [-0.2, -0.15) is 0 Å². The number of amides is 2. The van der Waals surface area contributed by atoms with Crippen molar-refractivity contribution < 1.29 is 9.59 Å². The molecule has 0 saturated carbocycles. The summed E-state index contributed by atoms with van der Waals surface area (Å²) < 4.78 is 0. The molecule has 0 aliphatic carbocycles. The van der Waals surface area contributed by atoms with E-state index in [-0.39, 0.29) is 29.8 Å². The second-order valence-corrected chi connectivity index (χ2v) is 8.83. The van der Waals surface area contributed by atoms with Gasteiger partial charge in [-0.1, -0.05) is 61.8 Å². The van der Waals surface area contributed by atoms with Gasteiger partial charge in [-0.05, 0) is 40.7 Å². The second kappa shape index (κ2) is 7.25. The molecule has 2 heterocycles. The molecule has 2 aromatic rings. The summed E-state index contributed by atoms with van der Waals surface area (Å²) in [6.45, 7) is 5.55. The monoisotopic (exact) mass is 396 g/mol. The Morgan fingerprint density at radius 2 is 1.93 bits per heavy atom. The van der Waals surface area contributed by atoms with E-state index in [9.17, 15) is 9.59 Å². The third-order valence-corrected chi connectivity index (χ3v) is 6.24. The summed E-state index contributed by atoms with van der Waals surface area (Å²) in [4.78, 5) is 29.5. The fourth-order valence-corrected chi connectivity index (χ4v) is 4.54. The normalized spacial score (nSPS) is 19.2. The van der Waals surface area contributed by atoms with Gasteiger partial charge in [-0.3, -0.25) is 9.59 Å². The number of hydrogen-bond acceptors (Lipinski definition) is 2. The first-order chi connectivity index (χ1) is 13.3. The fraction of sp³-hybridized carbons (Fsp3) is 0.391. The van der Waals surface area contributed by atoms with Crippen LogP contribution in [0.2, 0.25) is 5.02 Å². The fourth-order valence-electron chi connectivity index (χ4n) is 4.36. The number of benzene rings is 2. The molecule has 4 rings (SSSR count). The van der Waals surface area contributed by atoms with Crippen LogP contribution in [0.5, 0.6) is 0 Å². The molecule has 1 fully saturated rings. The molecule has 1 saturated heterocycles. The summed E-state index contributed by atoms with van der Waals surface area (Å²) in [7, 11) is 0. The Balaban J connectivity index is 1.55. The topological polar surface area (TPSA) is 40.6 Å². The molecule has 2 amide bonds. The predicted octanol–water partition coefficient (Wildman–Crippen LogP) is 3.98. The number of nitrogens with zero attached hydrogens (tertiary/aromatic N) is 2. The van der Waals surface area contributed by atoms with Crippen molar-refractivity contribution in [3.63, 3.8) is 0 Å². The molecular weight excluding hydrogens is 372 g/mol. The minimum atomic E-state index is -0.285. The Morgan fingerprint density at radius 1 is 1.18 bits per heavy atom. The maximum Gasteiger partial charge on any atom is 0.242 e. The average molecular weight is 397 g/mol. The lowest BCUT2D eigenvalue weighted by molar-refractivity contribution is -0.150. The molecule has 2 aliphatic heterocycles. The Morgan fingerprint density at radius 3 is 2.68 bits per heavy atom. The van der Waals surface area contributed by atoms with Crippen LogP contribution < -0.4 is 0 Å². The lowest BCUT2D eigenvalue weighted by Crippen LogP contribution is -2.56. The largest absolute Gasteiger partial charge is 0.332 e. The summed E-state index contributed by atoms with van der Waals surface area (Å²) in [5.74, 6) is 0.0451. The van der Waals surface area contributed by atoms with Crippen LogP contribution in [-0.4, -0.2) is 41.2 Å². The van der Waals surface area contributed by atoms with Crippen molar-refractivity contribution in [3.05, 3.63) is 70.2 Å². The Labute approximate surface area is 171 Å². The highest BCUT2D eigenvalue weighted by atomic mass is 35.5. The van der Waals surface area contributed by atoms with Crippen molar-refractivity contribution in [2.75, 3.05) is 19.6 Å². The van der Waals surface area contributed by atoms with Gasteiger partial charge in [0.05, 0.1) is 12.6 Å². The van der Waals surface area contributed by atoms with Crippen molar-refractivity contribution in [3.8, 4) is 0 Å². The van der Waals surface area contributed by atoms with Gasteiger partial charge >= 0.3 is 0 Å². The number of rotatable bonds is 3. The smallest absolute Gasteiger partial charge is 0.242 e. The molecule has 0 bridgehead atoms. The Bertz CT molecular complexity index is 910. The first-order valence-electron chi connectivity index (χ1n) is 9.76. The molecule has 1 atom stereocenters. The van der Waals surface area contributed by atoms with Crippen LogP contribution in [0, 0.1) is 0 Å². The number of piperazine rings is 1. The number of halogens is 1. The van der Waals surface area contributed by atoms with E-state index in [1.807, 2.05) is 41.3 Å². The molecule has 0 aromatic heterocycles. The van der Waals surface area contributed by atoms with E-state index >= 15 is 0 Å². The zero-order chi connectivity index (χ0) is 19.9. The van der Waals surface area contributed by atoms with Crippen molar-refractivity contribution in [2.45, 2.75) is 38.1 Å². The zero-order valence-corrected chi connectivity index (χ0v) is 17.1. The van der Waals surface area contributed by atoms with E-state index in [0.29, 0.717) is 24.5 Å². The first-order valence-corrected chi connectivity index (χ1v) is 10.1. The highest BCUT2D eigenvalue weighted by Crippen LogP contribution is 2.35. The molecule has 0 spiro atoms. The van der Waals surface area contributed by atoms with E-state index < -0.39 is 0 Å². The Kier molecular flexibility index (Phi) is 4.92. The molecular formula is C23H25ClN2O2. The Hall–Kier alpha value is -2.33. The van der Waals surface area contributed by atoms with Crippen molar-refractivity contribution in [1.82, 2.24) is 9.80 Å². The lowest BCUT2D eigenvalue weighted by Gasteiger charge is -2.45. The van der Waals surface area contributed by atoms with Crippen LogP contribution in [-0.2, 0) is 21.4 Å². The minimum Gasteiger partial charge on any atom is -0.332 e. The third kappa shape index (κ3) is 3.53. The first kappa shape index (κ1) is 19.0. The molecule has 4 nitrogen and oxygen atoms in total. The van der Waals surface area contributed by atoms with Crippen LogP contribution in [0.3, 0.4) is 0 Å². The van der Waals surface area contributed by atoms with Crippen molar-refractivity contribution in [2.24, 2.45) is 0 Å². The van der Waals surface area contributed by atoms with Gasteiger partial charge in [0.25, 0.3) is 0 Å². The quantitative estimate of drug-likeness (QED) is 0.787. The SMILES string of the molecule is CC(C)(CC(=O)N1CC(=O)N2CCc3ccc(Cl)cc3C2C1)c1ccccc1. The van der Waals surface area contributed by atoms with Crippen molar-refractivity contribution >= 4 is 23.4 Å². The predicted molar refractivity (Wildman–Crippen MR) is 110 cm³/mol. The summed E-state index contributed by atoms with van der Waals surface area (Å²) in [6.07, 6.45) is 1.21. The van der Waals surface area contributed by atoms with Gasteiger partial charge in [0, 0.05) is 24.5 Å². The lowest BCUT2D eigenvalue weighted by atomic mass is 9.81. The molecule has 2 aromatic carbocycles. The molecule has 5 heteroatoms. The molecule has 0 radical (unpaired) electrons. The van der Waals surface area contributed by atoms with Crippen molar-refractivity contribution in [1.29, 1.82) is 0 Å². The summed E-state index contributed by atoms with van der Waals surface area (Å²) in [5, 5.41) is 0.668. The number of fused-ring (bicyclic) bond motifs is 3. The maximum absolute atomic E-state index is 13.1. The summed E-state index contributed by atoms with van der Waals surface area (Å²) >= 11 is 6.21. The molecule has 0 N–H and O–H groups in total. The van der Waals surface area contributed by atoms with Gasteiger partial charge in [0.2, 0.25) is 11.8 Å². The van der Waals surface area contributed by atoms with Crippen LogP contribution in [0.15, 0.2) is 48.5 Å². The van der Waals surface area contributed by atoms with E-state index in [0.717, 1.165) is 17.5 Å². The molecule has 1 unspecified atom stereocenters. The third-order valence-electron chi connectivity index (χ3n) is 6.01. The van der Waals surface area contributed by atoms with Gasteiger partial charge in [-0.25, -0.2) is 0 Å². The van der Waals surface area contributed by atoms with E-state index in [4.69, 9.17) is 11.6 Å². The highest BCUT2D eigenvalue weighted by Gasteiger charge is 2.39. The zero-order valence-electron chi connectivity index (χ0n) is 16.3. The summed E-state index contributed by atoms with van der Waals surface area (Å²) in [6, 6.07) is 15.8.